The van der Waals surface area contributed by atoms with Crippen LogP contribution in [0.15, 0.2) is 219 Å². The van der Waals surface area contributed by atoms with Gasteiger partial charge in [0.05, 0.1) is 0 Å². The second-order valence-electron chi connectivity index (χ2n) is 18.3. The van der Waals surface area contributed by atoms with Gasteiger partial charge in [-0.15, -0.1) is 0 Å². The lowest BCUT2D eigenvalue weighted by Gasteiger charge is -2.18. The topological polar surface area (TPSA) is 159 Å². The minimum absolute atomic E-state index is 0.233. The van der Waals surface area contributed by atoms with Gasteiger partial charge in [0.1, 0.15) is 65.8 Å². The summed E-state index contributed by atoms with van der Waals surface area (Å²) in [5.74, 6) is 1.04. The van der Waals surface area contributed by atoms with Crippen LogP contribution in [0.4, 0.5) is 0 Å². The van der Waals surface area contributed by atoms with Crippen LogP contribution < -0.4 is 37.9 Å². The second kappa shape index (κ2) is 30.2. The van der Waals surface area contributed by atoms with Crippen LogP contribution in [-0.4, -0.2) is 49.7 Å². The summed E-state index contributed by atoms with van der Waals surface area (Å²) < 4.78 is 45.5. The summed E-state index contributed by atoms with van der Waals surface area (Å²) >= 11 is 0. The highest BCUT2D eigenvalue weighted by Crippen LogP contribution is 2.44. The summed E-state index contributed by atoms with van der Waals surface area (Å²) in [4.78, 5) is 60.3. The van der Waals surface area contributed by atoms with Gasteiger partial charge in [0.15, 0.2) is 0 Å². The van der Waals surface area contributed by atoms with Gasteiger partial charge in [0, 0.05) is 50.1 Å². The normalized spacial score (nSPS) is 10.7. The van der Waals surface area contributed by atoms with E-state index in [0.29, 0.717) is 87.9 Å². The maximum atomic E-state index is 12.6. The van der Waals surface area contributed by atoms with Gasteiger partial charge in [-0.2, -0.15) is 0 Å². The number of rotatable bonds is 23. The van der Waals surface area contributed by atoms with E-state index in [1.165, 1.54) is 0 Å². The molecule has 13 nitrogen and oxygen atoms in total. The van der Waals surface area contributed by atoms with E-state index >= 15 is 0 Å². The molecule has 0 aliphatic heterocycles. The molecule has 0 unspecified atom stereocenters. The fourth-order valence-electron chi connectivity index (χ4n) is 6.94. The van der Waals surface area contributed by atoms with Crippen molar-refractivity contribution >= 4 is 29.8 Å². The predicted molar refractivity (Wildman–Crippen MR) is 318 cm³/mol. The fourth-order valence-corrected chi connectivity index (χ4v) is 6.94. The molecule has 0 radical (unpaired) electrons. The molecule has 0 atom stereocenters. The van der Waals surface area contributed by atoms with Gasteiger partial charge >= 0.3 is 29.8 Å². The monoisotopic (exact) mass is 1090 g/mol. The summed E-state index contributed by atoms with van der Waals surface area (Å²) in [6.45, 7) is 32.8. The second-order valence-corrected chi connectivity index (χ2v) is 18.3. The van der Waals surface area contributed by atoms with Crippen molar-refractivity contribution in [1.29, 1.82) is 0 Å². The van der Waals surface area contributed by atoms with Gasteiger partial charge in [-0.25, -0.2) is 24.0 Å². The van der Waals surface area contributed by atoms with E-state index in [9.17, 15) is 24.0 Å². The SMILES string of the molecule is C=C(C)C(=O)Oc1ccc(-c2cc(OC(=O)C(=C)C)c(-c3ccc(OC(=O)C(=C)C)cc3)cc2OC/C=C/C)cc1.C=C(C)C(=O)Oc1ccc(-c2cc(OC/C=C/C)c(-c3ccc(OC(=O)C(=C)C)cc3)cc2OC/C=C/C)cc1. The highest BCUT2D eigenvalue weighted by atomic mass is 16.6. The number of hydrogen-bond donors (Lipinski definition) is 0. The van der Waals surface area contributed by atoms with Gasteiger partial charge in [-0.1, -0.05) is 118 Å². The van der Waals surface area contributed by atoms with Crippen molar-refractivity contribution in [1.82, 2.24) is 0 Å². The van der Waals surface area contributed by atoms with E-state index in [0.717, 1.165) is 27.8 Å². The van der Waals surface area contributed by atoms with Crippen LogP contribution >= 0.6 is 0 Å². The number of benzene rings is 6. The van der Waals surface area contributed by atoms with Crippen LogP contribution in [0.2, 0.25) is 0 Å². The number of carbonyl (C=O) groups is 5. The average molecular weight is 1090 g/mol. The first-order valence-electron chi connectivity index (χ1n) is 25.6. The lowest BCUT2D eigenvalue weighted by atomic mass is 9.97. The Morgan fingerprint density at radius 2 is 0.519 bits per heavy atom. The molecule has 0 amide bonds. The van der Waals surface area contributed by atoms with E-state index in [1.807, 2.05) is 93.6 Å². The van der Waals surface area contributed by atoms with Crippen LogP contribution in [0.1, 0.15) is 55.4 Å². The van der Waals surface area contributed by atoms with Gasteiger partial charge in [-0.05, 0) is 150 Å². The number of hydrogen-bond acceptors (Lipinski definition) is 13. The first-order chi connectivity index (χ1) is 38.7. The van der Waals surface area contributed by atoms with E-state index in [2.05, 4.69) is 32.9 Å². The van der Waals surface area contributed by atoms with Gasteiger partial charge < -0.3 is 37.9 Å². The lowest BCUT2D eigenvalue weighted by Crippen LogP contribution is -2.10. The van der Waals surface area contributed by atoms with Crippen molar-refractivity contribution < 1.29 is 61.9 Å². The molecule has 0 aliphatic rings. The fraction of sp³-hybridized carbons (Fsp3) is 0.162. The summed E-state index contributed by atoms with van der Waals surface area (Å²) in [6, 6.07) is 35.3. The van der Waals surface area contributed by atoms with Gasteiger partial charge in [0.25, 0.3) is 0 Å². The van der Waals surface area contributed by atoms with Crippen LogP contribution in [-0.2, 0) is 24.0 Å². The number of allylic oxidation sites excluding steroid dienone is 3. The summed E-state index contributed by atoms with van der Waals surface area (Å²) in [7, 11) is 0. The van der Waals surface area contributed by atoms with E-state index in [1.54, 1.807) is 120 Å². The molecule has 0 N–H and O–H groups in total. The average Bonchev–Trinajstić information content (AvgIpc) is 3.53. The summed E-state index contributed by atoms with van der Waals surface area (Å²) in [6.07, 6.45) is 11.4. The maximum absolute atomic E-state index is 12.6. The van der Waals surface area contributed by atoms with E-state index in [-0.39, 0.29) is 22.5 Å². The smallest absolute Gasteiger partial charge is 0.338 e. The Hall–Kier alpha value is -10.0. The zero-order valence-electron chi connectivity index (χ0n) is 47.0. The molecule has 81 heavy (non-hydrogen) atoms. The molecule has 13 heteroatoms. The molecule has 0 aliphatic carbocycles. The molecule has 0 saturated heterocycles. The predicted octanol–water partition coefficient (Wildman–Crippen LogP) is 15.3. The minimum atomic E-state index is -0.589. The number of carbonyl (C=O) groups excluding carboxylic acids is 5. The van der Waals surface area contributed by atoms with Crippen LogP contribution in [0.3, 0.4) is 0 Å². The minimum Gasteiger partial charge on any atom is -0.489 e. The molecular weight excluding hydrogens is 1020 g/mol. The molecular formula is C68H66O13. The third kappa shape index (κ3) is 18.3. The molecule has 6 aromatic carbocycles. The van der Waals surface area contributed by atoms with Crippen molar-refractivity contribution in [2.75, 3.05) is 19.8 Å². The van der Waals surface area contributed by atoms with Crippen molar-refractivity contribution in [3.05, 3.63) is 219 Å². The third-order valence-electron chi connectivity index (χ3n) is 11.3. The lowest BCUT2D eigenvalue weighted by molar-refractivity contribution is -0.130. The van der Waals surface area contributed by atoms with Crippen LogP contribution in [0.25, 0.3) is 44.5 Å². The van der Waals surface area contributed by atoms with E-state index in [4.69, 9.17) is 37.9 Å². The Kier molecular flexibility index (Phi) is 23.1. The standard InChI is InChI=1S/C34H32O7.C34H34O6/c1-8-9-18-38-30-19-29(25-12-16-27(17-13-25)40-33(36)22(4)5)31(41-34(37)23(6)7)20-28(30)24-10-14-26(15-11-24)39-32(35)21(2)3;1-7-9-19-37-31-21-30(26-13-17-28(18-14-26)40-34(36)24(5)6)32(38-20-10-8-2)22-29(31)25-11-15-27(16-12-25)39-33(35)23(3)4/h8-17,19-20H,2,4,6,18H2,1,3,5,7H3;7-18,21-22H,3,5,19-20H2,1-2,4,6H3/b9-8+;9-7+,10-8+. The van der Waals surface area contributed by atoms with Gasteiger partial charge in [-0.3, -0.25) is 0 Å². The molecule has 0 fully saturated rings. The molecule has 6 rings (SSSR count). The summed E-state index contributed by atoms with van der Waals surface area (Å²) in [5.41, 5.74) is 7.43. The molecule has 416 valence electrons. The number of esters is 5. The van der Waals surface area contributed by atoms with Crippen molar-refractivity contribution in [3.63, 3.8) is 0 Å². The molecule has 0 saturated carbocycles. The van der Waals surface area contributed by atoms with Gasteiger partial charge in [0.2, 0.25) is 0 Å². The Labute approximate surface area is 474 Å². The third-order valence-corrected chi connectivity index (χ3v) is 11.3. The Bertz CT molecular complexity index is 3300. The Balaban J connectivity index is 0.000000297. The zero-order valence-corrected chi connectivity index (χ0v) is 47.0. The maximum Gasteiger partial charge on any atom is 0.338 e. The molecule has 0 spiro atoms. The zero-order chi connectivity index (χ0) is 59.2. The number of ether oxygens (including phenoxy) is 8. The molecule has 0 aromatic heterocycles. The van der Waals surface area contributed by atoms with E-state index < -0.39 is 29.8 Å². The van der Waals surface area contributed by atoms with Crippen LogP contribution in [0.5, 0.6) is 46.0 Å². The Morgan fingerprint density at radius 1 is 0.321 bits per heavy atom. The summed E-state index contributed by atoms with van der Waals surface area (Å²) in [5, 5.41) is 0. The highest BCUT2D eigenvalue weighted by molar-refractivity contribution is 5.93. The molecule has 6 aromatic rings. The van der Waals surface area contributed by atoms with Crippen molar-refractivity contribution in [2.45, 2.75) is 55.4 Å². The molecule has 0 heterocycles. The largest absolute Gasteiger partial charge is 0.489 e. The van der Waals surface area contributed by atoms with Crippen molar-refractivity contribution in [3.8, 4) is 90.5 Å². The van der Waals surface area contributed by atoms with Crippen molar-refractivity contribution in [2.24, 2.45) is 0 Å². The quantitative estimate of drug-likeness (QED) is 0.0258. The first-order valence-corrected chi connectivity index (χ1v) is 25.6. The highest BCUT2D eigenvalue weighted by Gasteiger charge is 2.21. The van der Waals surface area contributed by atoms with Crippen LogP contribution in [0, 0.1) is 0 Å². The molecule has 0 bridgehead atoms. The first kappa shape index (κ1) is 61.8. The Morgan fingerprint density at radius 3 is 0.728 bits per heavy atom.